The number of hydrogen-bond donors (Lipinski definition) is 0. The van der Waals surface area contributed by atoms with Crippen molar-refractivity contribution >= 4 is 10.9 Å². The van der Waals surface area contributed by atoms with Crippen molar-refractivity contribution in [3.63, 3.8) is 0 Å². The fourth-order valence-electron chi connectivity index (χ4n) is 1.59. The summed E-state index contributed by atoms with van der Waals surface area (Å²) in [5.74, 6) is 0. The van der Waals surface area contributed by atoms with Crippen molar-refractivity contribution in [2.24, 2.45) is 0 Å². The molecule has 1 radical (unpaired) electrons. The van der Waals surface area contributed by atoms with Gasteiger partial charge in [0.2, 0.25) is 5.52 Å². The number of fused-ring (bicyclic) bond motifs is 1. The molecule has 2 aromatic rings. The number of nitrogens with zero attached hydrogens (tertiary/aromatic N) is 1. The standard InChI is InChI=1S/C12H13N/c1-2-9-13-10-5-7-11-6-3-4-8-12(11)13/h3-8,10H,1-2,9H2/q+1. The average Bonchev–Trinajstić information content (AvgIpc) is 2.19. The molecule has 0 fully saturated rings. The van der Waals surface area contributed by atoms with Crippen LogP contribution >= 0.6 is 0 Å². The van der Waals surface area contributed by atoms with Gasteiger partial charge >= 0.3 is 0 Å². The summed E-state index contributed by atoms with van der Waals surface area (Å²) in [7, 11) is 0. The van der Waals surface area contributed by atoms with Crippen LogP contribution in [0.2, 0.25) is 0 Å². The third-order valence-corrected chi connectivity index (χ3v) is 2.19. The van der Waals surface area contributed by atoms with Crippen molar-refractivity contribution in [1.82, 2.24) is 0 Å². The monoisotopic (exact) mass is 171 g/mol. The van der Waals surface area contributed by atoms with E-state index in [-0.39, 0.29) is 0 Å². The summed E-state index contributed by atoms with van der Waals surface area (Å²) in [4.78, 5) is 0. The molecule has 1 aromatic carbocycles. The minimum atomic E-state index is 0.929. The largest absolute Gasteiger partial charge is 0.212 e. The average molecular weight is 171 g/mol. The minimum Gasteiger partial charge on any atom is -0.198 e. The third kappa shape index (κ3) is 1.55. The van der Waals surface area contributed by atoms with Gasteiger partial charge in [-0.3, -0.25) is 0 Å². The maximum atomic E-state index is 3.87. The molecule has 1 nitrogen and oxygen atoms in total. The molecule has 0 saturated carbocycles. The van der Waals surface area contributed by atoms with E-state index in [1.54, 1.807) is 0 Å². The van der Waals surface area contributed by atoms with Gasteiger partial charge < -0.3 is 0 Å². The lowest BCUT2D eigenvalue weighted by molar-refractivity contribution is -0.670. The van der Waals surface area contributed by atoms with Crippen molar-refractivity contribution < 1.29 is 4.57 Å². The lowest BCUT2D eigenvalue weighted by Crippen LogP contribution is -2.33. The van der Waals surface area contributed by atoms with Gasteiger partial charge in [-0.1, -0.05) is 12.1 Å². The predicted octanol–water partition coefficient (Wildman–Crippen LogP) is 2.35. The molecule has 0 atom stereocenters. The number of benzene rings is 1. The van der Waals surface area contributed by atoms with E-state index in [0.29, 0.717) is 0 Å². The molecule has 13 heavy (non-hydrogen) atoms. The smallest absolute Gasteiger partial charge is 0.198 e. The van der Waals surface area contributed by atoms with Gasteiger partial charge in [0, 0.05) is 23.9 Å². The summed E-state index contributed by atoms with van der Waals surface area (Å²) in [6.07, 6.45) is 3.03. The van der Waals surface area contributed by atoms with Crippen molar-refractivity contribution in [3.8, 4) is 0 Å². The molecule has 65 valence electrons. The van der Waals surface area contributed by atoms with Crippen molar-refractivity contribution in [2.75, 3.05) is 0 Å². The molecule has 1 heteroatoms. The van der Waals surface area contributed by atoms with Gasteiger partial charge in [0.05, 0.1) is 0 Å². The maximum Gasteiger partial charge on any atom is 0.212 e. The normalized spacial score (nSPS) is 10.5. The predicted molar refractivity (Wildman–Crippen MR) is 54.1 cm³/mol. The number of rotatable bonds is 2. The van der Waals surface area contributed by atoms with Crippen LogP contribution in [0.4, 0.5) is 0 Å². The molecule has 0 N–H and O–H groups in total. The molecule has 2 rings (SSSR count). The number of pyridine rings is 1. The Morgan fingerprint density at radius 1 is 1.08 bits per heavy atom. The Hall–Kier alpha value is -1.37. The van der Waals surface area contributed by atoms with E-state index >= 15 is 0 Å². The lowest BCUT2D eigenvalue weighted by atomic mass is 10.2. The summed E-state index contributed by atoms with van der Waals surface area (Å²) >= 11 is 0. The van der Waals surface area contributed by atoms with E-state index in [1.807, 2.05) is 0 Å². The molecular formula is C12H13N+. The lowest BCUT2D eigenvalue weighted by Gasteiger charge is -1.98. The Bertz CT molecular complexity index is 401. The van der Waals surface area contributed by atoms with Crippen molar-refractivity contribution in [2.45, 2.75) is 13.0 Å². The van der Waals surface area contributed by atoms with Crippen LogP contribution in [0.15, 0.2) is 42.6 Å². The van der Waals surface area contributed by atoms with E-state index < -0.39 is 0 Å². The first-order chi connectivity index (χ1) is 6.42. The topological polar surface area (TPSA) is 3.88 Å². The van der Waals surface area contributed by atoms with Gasteiger partial charge in [0.25, 0.3) is 0 Å². The molecule has 0 aliphatic rings. The molecule has 0 saturated heterocycles. The van der Waals surface area contributed by atoms with Crippen molar-refractivity contribution in [3.05, 3.63) is 49.5 Å². The zero-order valence-electron chi connectivity index (χ0n) is 7.61. The highest BCUT2D eigenvalue weighted by Gasteiger charge is 2.04. The Morgan fingerprint density at radius 3 is 2.69 bits per heavy atom. The van der Waals surface area contributed by atoms with E-state index in [9.17, 15) is 0 Å². The van der Waals surface area contributed by atoms with Crippen LogP contribution in [0.5, 0.6) is 0 Å². The third-order valence-electron chi connectivity index (χ3n) is 2.19. The quantitative estimate of drug-likeness (QED) is 0.611. The van der Waals surface area contributed by atoms with Crippen LogP contribution in [-0.4, -0.2) is 0 Å². The van der Waals surface area contributed by atoms with Gasteiger partial charge in [-0.05, 0) is 19.1 Å². The number of aryl methyl sites for hydroxylation is 1. The second kappa shape index (κ2) is 3.56. The Labute approximate surface area is 78.6 Å². The molecule has 0 unspecified atom stereocenters. The number of aromatic nitrogens is 1. The van der Waals surface area contributed by atoms with Crippen LogP contribution in [0.3, 0.4) is 0 Å². The number of hydrogen-bond acceptors (Lipinski definition) is 0. The zero-order chi connectivity index (χ0) is 9.10. The van der Waals surface area contributed by atoms with Crippen LogP contribution in [0.25, 0.3) is 10.9 Å². The van der Waals surface area contributed by atoms with Crippen LogP contribution in [-0.2, 0) is 6.54 Å². The van der Waals surface area contributed by atoms with Crippen LogP contribution in [0.1, 0.15) is 6.42 Å². The Kier molecular flexibility index (Phi) is 2.26. The second-order valence-corrected chi connectivity index (χ2v) is 3.11. The van der Waals surface area contributed by atoms with Crippen molar-refractivity contribution in [1.29, 1.82) is 0 Å². The van der Waals surface area contributed by atoms with Gasteiger partial charge in [0.1, 0.15) is 6.54 Å². The summed E-state index contributed by atoms with van der Waals surface area (Å²) in [6, 6.07) is 12.6. The highest BCUT2D eigenvalue weighted by atomic mass is 14.9. The fourth-order valence-corrected chi connectivity index (χ4v) is 1.59. The van der Waals surface area contributed by atoms with Gasteiger partial charge in [-0.2, -0.15) is 4.57 Å². The molecule has 0 aliphatic heterocycles. The van der Waals surface area contributed by atoms with E-state index in [0.717, 1.165) is 13.0 Å². The molecule has 0 amide bonds. The fraction of sp³-hybridized carbons (Fsp3) is 0.167. The first-order valence-corrected chi connectivity index (χ1v) is 4.58. The second-order valence-electron chi connectivity index (χ2n) is 3.11. The summed E-state index contributed by atoms with van der Waals surface area (Å²) < 4.78 is 2.24. The highest BCUT2D eigenvalue weighted by Crippen LogP contribution is 2.07. The minimum absolute atomic E-state index is 0.929. The summed E-state index contributed by atoms with van der Waals surface area (Å²) in [5, 5.41) is 1.29. The molecule has 1 heterocycles. The molecular weight excluding hydrogens is 158 g/mol. The SMILES string of the molecule is [CH2]CC[n+]1cccc2ccccc21. The first kappa shape index (κ1) is 8.24. The molecule has 0 spiro atoms. The molecule has 0 bridgehead atoms. The van der Waals surface area contributed by atoms with E-state index in [2.05, 4.69) is 54.1 Å². The van der Waals surface area contributed by atoms with Gasteiger partial charge in [-0.25, -0.2) is 0 Å². The molecule has 0 aliphatic carbocycles. The van der Waals surface area contributed by atoms with Crippen LogP contribution < -0.4 is 4.57 Å². The zero-order valence-corrected chi connectivity index (χ0v) is 7.61. The Balaban J connectivity index is 2.61. The highest BCUT2D eigenvalue weighted by molar-refractivity contribution is 5.74. The van der Waals surface area contributed by atoms with Gasteiger partial charge in [0.15, 0.2) is 6.20 Å². The number of para-hydroxylation sites is 1. The first-order valence-electron chi connectivity index (χ1n) is 4.58. The Morgan fingerprint density at radius 2 is 1.85 bits per heavy atom. The van der Waals surface area contributed by atoms with E-state index in [4.69, 9.17) is 0 Å². The van der Waals surface area contributed by atoms with Crippen LogP contribution in [0, 0.1) is 6.92 Å². The summed E-state index contributed by atoms with van der Waals surface area (Å²) in [5.41, 5.74) is 1.29. The van der Waals surface area contributed by atoms with Gasteiger partial charge in [-0.15, -0.1) is 0 Å². The maximum absolute atomic E-state index is 3.87. The van der Waals surface area contributed by atoms with E-state index in [1.165, 1.54) is 10.9 Å². The summed E-state index contributed by atoms with van der Waals surface area (Å²) in [6.45, 7) is 4.85. The molecule has 1 aromatic heterocycles.